The topological polar surface area (TPSA) is 102 Å². The Labute approximate surface area is 150 Å². The third-order valence-corrected chi connectivity index (χ3v) is 5.09. The Morgan fingerprint density at radius 1 is 1.33 bits per heavy atom. The van der Waals surface area contributed by atoms with Crippen molar-refractivity contribution in [3.63, 3.8) is 0 Å². The number of unbranched alkanes of at least 4 members (excludes halogenated alkanes) is 1. The Bertz CT molecular complexity index is 678. The minimum absolute atomic E-state index is 0.0418. The van der Waals surface area contributed by atoms with Gasteiger partial charge < -0.3 is 10.1 Å². The second-order valence-corrected chi connectivity index (χ2v) is 7.75. The average molecular weight is 421 g/mol. The summed E-state index contributed by atoms with van der Waals surface area (Å²) in [4.78, 5) is 23.6. The summed E-state index contributed by atoms with van der Waals surface area (Å²) in [6, 6.07) is 5.34. The number of ether oxygens (including phenoxy) is 1. The van der Waals surface area contributed by atoms with Crippen LogP contribution in [0.15, 0.2) is 33.6 Å². The molecule has 0 aliphatic rings. The third kappa shape index (κ3) is 6.58. The van der Waals surface area contributed by atoms with Crippen LogP contribution in [0.3, 0.4) is 0 Å². The second kappa shape index (κ2) is 9.75. The van der Waals surface area contributed by atoms with Gasteiger partial charge in [-0.2, -0.15) is 0 Å². The van der Waals surface area contributed by atoms with Gasteiger partial charge in [-0.25, -0.2) is 17.9 Å². The lowest BCUT2D eigenvalue weighted by atomic mass is 10.1. The van der Waals surface area contributed by atoms with Crippen LogP contribution in [0.25, 0.3) is 0 Å². The van der Waals surface area contributed by atoms with Gasteiger partial charge >= 0.3 is 5.97 Å². The molecular formula is C15H21BrN2O5S. The minimum Gasteiger partial charge on any atom is -0.467 e. The van der Waals surface area contributed by atoms with Crippen LogP contribution in [0.1, 0.15) is 26.2 Å². The molecular weight excluding hydrogens is 400 g/mol. The van der Waals surface area contributed by atoms with E-state index in [-0.39, 0.29) is 4.90 Å². The van der Waals surface area contributed by atoms with Crippen LogP contribution >= 0.6 is 15.9 Å². The van der Waals surface area contributed by atoms with E-state index in [1.54, 1.807) is 12.1 Å². The summed E-state index contributed by atoms with van der Waals surface area (Å²) in [5, 5.41) is 2.49. The number of benzene rings is 1. The molecule has 0 heterocycles. The highest BCUT2D eigenvalue weighted by Gasteiger charge is 2.22. The summed E-state index contributed by atoms with van der Waals surface area (Å²) in [5.74, 6) is -1.15. The van der Waals surface area contributed by atoms with Crippen molar-refractivity contribution in [2.75, 3.05) is 13.7 Å². The lowest BCUT2D eigenvalue weighted by Gasteiger charge is -2.16. The molecule has 7 nitrogen and oxygen atoms in total. The summed E-state index contributed by atoms with van der Waals surface area (Å²) in [6.07, 6.45) is 2.04. The molecule has 0 saturated carbocycles. The Balaban J connectivity index is 2.65. The summed E-state index contributed by atoms with van der Waals surface area (Å²) in [7, 11) is -2.57. The number of carbonyl (C=O) groups is 2. The van der Waals surface area contributed by atoms with Crippen LogP contribution in [-0.2, 0) is 24.3 Å². The Morgan fingerprint density at radius 2 is 2.04 bits per heavy atom. The number of carbonyl (C=O) groups excluding carboxylic acids is 2. The highest BCUT2D eigenvalue weighted by atomic mass is 79.9. The van der Waals surface area contributed by atoms with Crippen LogP contribution in [0.4, 0.5) is 0 Å². The molecule has 0 aliphatic heterocycles. The zero-order chi connectivity index (χ0) is 18.2. The molecule has 0 aliphatic carbocycles. The number of sulfonamides is 1. The number of methoxy groups -OCH3 is 1. The highest BCUT2D eigenvalue weighted by molar-refractivity contribution is 9.10. The highest BCUT2D eigenvalue weighted by Crippen LogP contribution is 2.15. The van der Waals surface area contributed by atoms with E-state index in [2.05, 4.69) is 30.7 Å². The van der Waals surface area contributed by atoms with Gasteiger partial charge in [-0.1, -0.05) is 41.8 Å². The first-order valence-corrected chi connectivity index (χ1v) is 9.70. The fourth-order valence-electron chi connectivity index (χ4n) is 1.92. The molecule has 0 spiro atoms. The van der Waals surface area contributed by atoms with E-state index in [1.165, 1.54) is 19.2 Å². The molecule has 1 aromatic carbocycles. The SMILES string of the molecule is CCCCC(NC(=O)CNS(=O)(=O)c1cccc(Br)c1)C(=O)OC. The maximum absolute atomic E-state index is 12.1. The predicted octanol–water partition coefficient (Wildman–Crippen LogP) is 1.58. The van der Waals surface area contributed by atoms with E-state index in [4.69, 9.17) is 0 Å². The van der Waals surface area contributed by atoms with Gasteiger partial charge in [0.2, 0.25) is 15.9 Å². The maximum Gasteiger partial charge on any atom is 0.328 e. The molecule has 134 valence electrons. The van der Waals surface area contributed by atoms with Crippen molar-refractivity contribution >= 4 is 37.8 Å². The van der Waals surface area contributed by atoms with Crippen LogP contribution in [0.2, 0.25) is 0 Å². The van der Waals surface area contributed by atoms with Gasteiger partial charge in [0.25, 0.3) is 0 Å². The van der Waals surface area contributed by atoms with Gasteiger partial charge in [0, 0.05) is 4.47 Å². The van der Waals surface area contributed by atoms with E-state index >= 15 is 0 Å². The van der Waals surface area contributed by atoms with Crippen LogP contribution in [0.5, 0.6) is 0 Å². The number of esters is 1. The molecule has 0 fully saturated rings. The van der Waals surface area contributed by atoms with Gasteiger partial charge in [-0.3, -0.25) is 4.79 Å². The molecule has 2 N–H and O–H groups in total. The van der Waals surface area contributed by atoms with Crippen LogP contribution < -0.4 is 10.0 Å². The first-order chi connectivity index (χ1) is 11.3. The largest absolute Gasteiger partial charge is 0.467 e. The third-order valence-electron chi connectivity index (χ3n) is 3.20. The smallest absolute Gasteiger partial charge is 0.328 e. The fourth-order valence-corrected chi connectivity index (χ4v) is 3.50. The Morgan fingerprint density at radius 3 is 2.62 bits per heavy atom. The van der Waals surface area contributed by atoms with E-state index in [0.29, 0.717) is 10.9 Å². The Kier molecular flexibility index (Phi) is 8.37. The molecule has 1 aromatic rings. The summed E-state index contributed by atoms with van der Waals surface area (Å²) in [6.45, 7) is 1.50. The molecule has 0 radical (unpaired) electrons. The van der Waals surface area contributed by atoms with Gasteiger partial charge in [-0.15, -0.1) is 0 Å². The predicted molar refractivity (Wildman–Crippen MR) is 92.8 cm³/mol. The van der Waals surface area contributed by atoms with Crippen molar-refractivity contribution in [1.82, 2.24) is 10.0 Å². The van der Waals surface area contributed by atoms with Crippen LogP contribution in [0, 0.1) is 0 Å². The monoisotopic (exact) mass is 420 g/mol. The molecule has 1 atom stereocenters. The second-order valence-electron chi connectivity index (χ2n) is 5.07. The molecule has 9 heteroatoms. The number of nitrogens with one attached hydrogen (secondary N) is 2. The Hall–Kier alpha value is -1.45. The number of hydrogen-bond donors (Lipinski definition) is 2. The zero-order valence-electron chi connectivity index (χ0n) is 13.5. The van der Waals surface area contributed by atoms with E-state index < -0.39 is 34.5 Å². The first-order valence-electron chi connectivity index (χ1n) is 7.42. The summed E-state index contributed by atoms with van der Waals surface area (Å²) >= 11 is 3.19. The van der Waals surface area contributed by atoms with Crippen molar-refractivity contribution < 1.29 is 22.7 Å². The van der Waals surface area contributed by atoms with E-state index in [9.17, 15) is 18.0 Å². The number of halogens is 1. The lowest BCUT2D eigenvalue weighted by Crippen LogP contribution is -2.45. The normalized spacial score (nSPS) is 12.5. The van der Waals surface area contributed by atoms with Crippen molar-refractivity contribution in [2.24, 2.45) is 0 Å². The van der Waals surface area contributed by atoms with E-state index in [0.717, 1.165) is 12.8 Å². The van der Waals surface area contributed by atoms with E-state index in [1.807, 2.05) is 6.92 Å². The quantitative estimate of drug-likeness (QED) is 0.590. The number of hydrogen-bond acceptors (Lipinski definition) is 5. The van der Waals surface area contributed by atoms with Gasteiger partial charge in [0.15, 0.2) is 0 Å². The standard InChI is InChI=1S/C15H21BrN2O5S/c1-3-4-8-13(15(20)23-2)18-14(19)10-17-24(21,22)12-7-5-6-11(16)9-12/h5-7,9,13,17H,3-4,8,10H2,1-2H3,(H,18,19). The number of rotatable bonds is 9. The molecule has 24 heavy (non-hydrogen) atoms. The van der Waals surface area contributed by atoms with Crippen LogP contribution in [-0.4, -0.2) is 40.0 Å². The molecule has 1 amide bonds. The molecule has 0 saturated heterocycles. The van der Waals surface area contributed by atoms with Crippen molar-refractivity contribution in [2.45, 2.75) is 37.1 Å². The average Bonchev–Trinajstić information content (AvgIpc) is 2.56. The van der Waals surface area contributed by atoms with Gasteiger partial charge in [0.05, 0.1) is 18.6 Å². The maximum atomic E-state index is 12.1. The molecule has 1 rings (SSSR count). The summed E-state index contributed by atoms with van der Waals surface area (Å²) in [5.41, 5.74) is 0. The molecule has 1 unspecified atom stereocenters. The lowest BCUT2D eigenvalue weighted by molar-refractivity contribution is -0.145. The fraction of sp³-hybridized carbons (Fsp3) is 0.467. The zero-order valence-corrected chi connectivity index (χ0v) is 15.9. The van der Waals surface area contributed by atoms with Crippen molar-refractivity contribution in [3.8, 4) is 0 Å². The molecule has 0 bridgehead atoms. The van der Waals surface area contributed by atoms with Crippen molar-refractivity contribution in [3.05, 3.63) is 28.7 Å². The minimum atomic E-state index is -3.81. The first kappa shape index (κ1) is 20.6. The van der Waals surface area contributed by atoms with Gasteiger partial charge in [-0.05, 0) is 24.6 Å². The van der Waals surface area contributed by atoms with Gasteiger partial charge in [0.1, 0.15) is 6.04 Å². The summed E-state index contributed by atoms with van der Waals surface area (Å²) < 4.78 is 31.7. The number of amides is 1. The molecule has 0 aromatic heterocycles. The van der Waals surface area contributed by atoms with Crippen molar-refractivity contribution in [1.29, 1.82) is 0 Å².